The van der Waals surface area contributed by atoms with Crippen molar-refractivity contribution in [3.63, 3.8) is 0 Å². The molecule has 0 aliphatic heterocycles. The molecule has 1 aliphatic rings. The molecular weight excluding hydrogens is 258 g/mol. The Morgan fingerprint density at radius 2 is 1.86 bits per heavy atom. The SMILES string of the molecule is CN(Cc1cc2ccccc2nc1N)C1CCCCCC1. The van der Waals surface area contributed by atoms with E-state index in [0.717, 1.165) is 17.6 Å². The normalized spacial score (nSPS) is 17.2. The minimum Gasteiger partial charge on any atom is -0.383 e. The van der Waals surface area contributed by atoms with Crippen LogP contribution in [0.2, 0.25) is 0 Å². The van der Waals surface area contributed by atoms with Crippen LogP contribution in [0.4, 0.5) is 5.82 Å². The summed E-state index contributed by atoms with van der Waals surface area (Å²) >= 11 is 0. The van der Waals surface area contributed by atoms with Crippen molar-refractivity contribution in [1.82, 2.24) is 9.88 Å². The summed E-state index contributed by atoms with van der Waals surface area (Å²) in [6, 6.07) is 11.1. The summed E-state index contributed by atoms with van der Waals surface area (Å²) in [6.45, 7) is 0.897. The third-order valence-electron chi connectivity index (χ3n) is 4.70. The Balaban J connectivity index is 1.78. The van der Waals surface area contributed by atoms with Crippen LogP contribution in [0.15, 0.2) is 30.3 Å². The Kier molecular flexibility index (Phi) is 4.39. The van der Waals surface area contributed by atoms with Crippen LogP contribution in [0, 0.1) is 0 Å². The van der Waals surface area contributed by atoms with Crippen LogP contribution in [-0.4, -0.2) is 23.0 Å². The zero-order valence-corrected chi connectivity index (χ0v) is 12.9. The summed E-state index contributed by atoms with van der Waals surface area (Å²) in [5.41, 5.74) is 8.29. The first-order valence-electron chi connectivity index (χ1n) is 8.08. The number of rotatable bonds is 3. The van der Waals surface area contributed by atoms with E-state index < -0.39 is 0 Å². The minimum atomic E-state index is 0.675. The van der Waals surface area contributed by atoms with E-state index >= 15 is 0 Å². The highest BCUT2D eigenvalue weighted by Crippen LogP contribution is 2.24. The molecule has 3 nitrogen and oxygen atoms in total. The number of benzene rings is 1. The van der Waals surface area contributed by atoms with Crippen molar-refractivity contribution < 1.29 is 0 Å². The van der Waals surface area contributed by atoms with Gasteiger partial charge in [0, 0.05) is 23.5 Å². The first-order chi connectivity index (χ1) is 10.2. The first-order valence-corrected chi connectivity index (χ1v) is 8.08. The lowest BCUT2D eigenvalue weighted by Crippen LogP contribution is -2.31. The van der Waals surface area contributed by atoms with E-state index in [4.69, 9.17) is 5.73 Å². The fraction of sp³-hybridized carbons (Fsp3) is 0.500. The Labute approximate surface area is 127 Å². The van der Waals surface area contributed by atoms with Gasteiger partial charge in [-0.25, -0.2) is 4.98 Å². The van der Waals surface area contributed by atoms with Crippen LogP contribution < -0.4 is 5.73 Å². The van der Waals surface area contributed by atoms with Gasteiger partial charge in [-0.2, -0.15) is 0 Å². The van der Waals surface area contributed by atoms with Crippen molar-refractivity contribution >= 4 is 16.7 Å². The van der Waals surface area contributed by atoms with E-state index in [-0.39, 0.29) is 0 Å². The zero-order valence-electron chi connectivity index (χ0n) is 12.9. The number of hydrogen-bond acceptors (Lipinski definition) is 3. The molecule has 0 unspecified atom stereocenters. The molecule has 1 aliphatic carbocycles. The quantitative estimate of drug-likeness (QED) is 0.867. The first kappa shape index (κ1) is 14.3. The van der Waals surface area contributed by atoms with Gasteiger partial charge < -0.3 is 5.73 Å². The average molecular weight is 283 g/mol. The zero-order chi connectivity index (χ0) is 14.7. The largest absolute Gasteiger partial charge is 0.383 e. The lowest BCUT2D eigenvalue weighted by molar-refractivity contribution is 0.213. The number of nitrogens with zero attached hydrogens (tertiary/aromatic N) is 2. The lowest BCUT2D eigenvalue weighted by Gasteiger charge is -2.27. The maximum absolute atomic E-state index is 6.16. The van der Waals surface area contributed by atoms with Crippen molar-refractivity contribution in [1.29, 1.82) is 0 Å². The van der Waals surface area contributed by atoms with Crippen molar-refractivity contribution in [3.05, 3.63) is 35.9 Å². The number of pyridine rings is 1. The molecule has 0 saturated heterocycles. The molecule has 21 heavy (non-hydrogen) atoms. The van der Waals surface area contributed by atoms with Gasteiger partial charge in [0.2, 0.25) is 0 Å². The number of hydrogen-bond donors (Lipinski definition) is 1. The van der Waals surface area contributed by atoms with Crippen LogP contribution in [0.5, 0.6) is 0 Å². The van der Waals surface area contributed by atoms with Crippen molar-refractivity contribution in [2.75, 3.05) is 12.8 Å². The summed E-state index contributed by atoms with van der Waals surface area (Å²) in [4.78, 5) is 7.01. The van der Waals surface area contributed by atoms with Crippen LogP contribution in [0.3, 0.4) is 0 Å². The van der Waals surface area contributed by atoms with E-state index in [1.807, 2.05) is 12.1 Å². The number of anilines is 1. The smallest absolute Gasteiger partial charge is 0.128 e. The van der Waals surface area contributed by atoms with Crippen LogP contribution in [0.25, 0.3) is 10.9 Å². The van der Waals surface area contributed by atoms with Gasteiger partial charge in [-0.3, -0.25) is 4.90 Å². The molecule has 1 saturated carbocycles. The second kappa shape index (κ2) is 6.44. The van der Waals surface area contributed by atoms with Crippen LogP contribution in [-0.2, 0) is 6.54 Å². The van der Waals surface area contributed by atoms with Gasteiger partial charge in [0.1, 0.15) is 5.82 Å². The molecule has 1 aromatic carbocycles. The highest BCUT2D eigenvalue weighted by molar-refractivity contribution is 5.81. The molecule has 0 spiro atoms. The van der Waals surface area contributed by atoms with E-state index in [1.165, 1.54) is 43.9 Å². The van der Waals surface area contributed by atoms with Crippen molar-refractivity contribution in [2.24, 2.45) is 0 Å². The maximum Gasteiger partial charge on any atom is 0.128 e. The predicted molar refractivity (Wildman–Crippen MR) is 89.1 cm³/mol. The molecular formula is C18H25N3. The molecule has 0 bridgehead atoms. The van der Waals surface area contributed by atoms with Gasteiger partial charge in [-0.1, -0.05) is 43.9 Å². The van der Waals surface area contributed by atoms with E-state index in [9.17, 15) is 0 Å². The standard InChI is InChI=1S/C18H25N3/c1-21(16-9-4-2-3-5-10-16)13-15-12-14-8-6-7-11-17(14)20-18(15)19/h6-8,11-12,16H,2-5,9-10,13H2,1H3,(H2,19,20). The molecule has 0 atom stereocenters. The Morgan fingerprint density at radius 3 is 2.62 bits per heavy atom. The summed E-state index contributed by atoms with van der Waals surface area (Å²) in [5.74, 6) is 0.675. The highest BCUT2D eigenvalue weighted by Gasteiger charge is 2.18. The molecule has 112 valence electrons. The molecule has 1 aromatic heterocycles. The van der Waals surface area contributed by atoms with Gasteiger partial charge in [-0.05, 0) is 32.0 Å². The van der Waals surface area contributed by atoms with Gasteiger partial charge in [-0.15, -0.1) is 0 Å². The Morgan fingerprint density at radius 1 is 1.14 bits per heavy atom. The number of nitrogens with two attached hydrogens (primary N) is 1. The van der Waals surface area contributed by atoms with Gasteiger partial charge in [0.05, 0.1) is 5.52 Å². The second-order valence-corrected chi connectivity index (χ2v) is 6.29. The molecule has 1 heterocycles. The summed E-state index contributed by atoms with van der Waals surface area (Å²) in [6.07, 6.45) is 8.14. The molecule has 0 radical (unpaired) electrons. The van der Waals surface area contributed by atoms with Crippen LogP contribution >= 0.6 is 0 Å². The fourth-order valence-corrected chi connectivity index (χ4v) is 3.40. The molecule has 0 amide bonds. The number of aromatic nitrogens is 1. The summed E-state index contributed by atoms with van der Waals surface area (Å²) in [7, 11) is 2.23. The topological polar surface area (TPSA) is 42.2 Å². The highest BCUT2D eigenvalue weighted by atomic mass is 15.1. The maximum atomic E-state index is 6.16. The minimum absolute atomic E-state index is 0.675. The molecule has 3 heteroatoms. The van der Waals surface area contributed by atoms with E-state index in [1.54, 1.807) is 0 Å². The number of para-hydroxylation sites is 1. The van der Waals surface area contributed by atoms with E-state index in [2.05, 4.69) is 35.1 Å². The molecule has 2 N–H and O–H groups in total. The third-order valence-corrected chi connectivity index (χ3v) is 4.70. The third kappa shape index (κ3) is 3.35. The fourth-order valence-electron chi connectivity index (χ4n) is 3.40. The monoisotopic (exact) mass is 283 g/mol. The van der Waals surface area contributed by atoms with Crippen LogP contribution in [0.1, 0.15) is 44.1 Å². The number of fused-ring (bicyclic) bond motifs is 1. The van der Waals surface area contributed by atoms with Gasteiger partial charge in [0.25, 0.3) is 0 Å². The predicted octanol–water partition coefficient (Wildman–Crippen LogP) is 3.97. The van der Waals surface area contributed by atoms with Gasteiger partial charge in [0.15, 0.2) is 0 Å². The van der Waals surface area contributed by atoms with Gasteiger partial charge >= 0.3 is 0 Å². The lowest BCUT2D eigenvalue weighted by atomic mass is 10.1. The molecule has 2 aromatic rings. The Hall–Kier alpha value is -1.61. The van der Waals surface area contributed by atoms with E-state index in [0.29, 0.717) is 11.9 Å². The molecule has 1 fully saturated rings. The van der Waals surface area contributed by atoms with Crippen molar-refractivity contribution in [2.45, 2.75) is 51.1 Å². The number of nitrogen functional groups attached to an aromatic ring is 1. The molecule has 3 rings (SSSR count). The summed E-state index contributed by atoms with van der Waals surface area (Å²) in [5, 5.41) is 1.18. The summed E-state index contributed by atoms with van der Waals surface area (Å²) < 4.78 is 0. The average Bonchev–Trinajstić information content (AvgIpc) is 2.77. The second-order valence-electron chi connectivity index (χ2n) is 6.29. The Bertz CT molecular complexity index is 600. The van der Waals surface area contributed by atoms with Crippen molar-refractivity contribution in [3.8, 4) is 0 Å².